The van der Waals surface area contributed by atoms with Gasteiger partial charge in [0.05, 0.1) is 11.8 Å². The maximum absolute atomic E-state index is 13.8. The lowest BCUT2D eigenvalue weighted by molar-refractivity contribution is 0.578. The number of fused-ring (bicyclic) bond motifs is 3. The van der Waals surface area contributed by atoms with E-state index in [2.05, 4.69) is 4.98 Å². The minimum atomic E-state index is -0.644. The van der Waals surface area contributed by atoms with Crippen LogP contribution in [0.15, 0.2) is 77.9 Å². The van der Waals surface area contributed by atoms with Crippen molar-refractivity contribution in [2.24, 2.45) is 0 Å². The van der Waals surface area contributed by atoms with Gasteiger partial charge >= 0.3 is 0 Å². The number of hydrogen-bond acceptors (Lipinski definition) is 2. The van der Waals surface area contributed by atoms with Crippen molar-refractivity contribution >= 4 is 21.9 Å². The lowest BCUT2D eigenvalue weighted by Crippen LogP contribution is -2.23. The first-order valence-corrected chi connectivity index (χ1v) is 10.5. The van der Waals surface area contributed by atoms with Crippen LogP contribution in [0.5, 0.6) is 0 Å². The van der Waals surface area contributed by atoms with Gasteiger partial charge in [0.2, 0.25) is 0 Å². The van der Waals surface area contributed by atoms with Crippen LogP contribution in [0.25, 0.3) is 21.9 Å². The largest absolute Gasteiger partial charge is 0.330 e. The molecule has 0 atom stereocenters. The molecule has 160 valence electrons. The highest BCUT2D eigenvalue weighted by molar-refractivity contribution is 6.05. The van der Waals surface area contributed by atoms with Crippen LogP contribution in [0.4, 0.5) is 8.78 Å². The van der Waals surface area contributed by atoms with E-state index in [0.717, 1.165) is 28.1 Å². The molecule has 0 saturated heterocycles. The highest BCUT2D eigenvalue weighted by atomic mass is 19.1. The molecule has 2 aromatic heterocycles. The zero-order valence-corrected chi connectivity index (χ0v) is 17.6. The van der Waals surface area contributed by atoms with Crippen LogP contribution in [0.2, 0.25) is 0 Å². The number of aromatic nitrogens is 3. The molecule has 0 fully saturated rings. The van der Waals surface area contributed by atoms with E-state index in [9.17, 15) is 13.6 Å². The minimum Gasteiger partial charge on any atom is -0.330 e. The Morgan fingerprint density at radius 3 is 2.41 bits per heavy atom. The number of benzene rings is 3. The second-order valence-electron chi connectivity index (χ2n) is 8.06. The van der Waals surface area contributed by atoms with E-state index in [4.69, 9.17) is 0 Å². The average Bonchev–Trinajstić information content (AvgIpc) is 3.06. The maximum Gasteiger partial charge on any atom is 0.277 e. The molecule has 0 spiro atoms. The van der Waals surface area contributed by atoms with E-state index in [-0.39, 0.29) is 12.1 Å². The zero-order valence-electron chi connectivity index (χ0n) is 17.6. The summed E-state index contributed by atoms with van der Waals surface area (Å²) in [4.78, 5) is 18.1. The number of aryl methyl sites for hydroxylation is 3. The van der Waals surface area contributed by atoms with Gasteiger partial charge in [-0.25, -0.2) is 13.8 Å². The second-order valence-corrected chi connectivity index (χ2v) is 8.06. The molecule has 0 radical (unpaired) electrons. The highest BCUT2D eigenvalue weighted by Gasteiger charge is 2.17. The van der Waals surface area contributed by atoms with Gasteiger partial charge in [-0.1, -0.05) is 42.0 Å². The second kappa shape index (κ2) is 8.04. The monoisotopic (exact) mass is 429 g/mol. The molecule has 0 saturated carbocycles. The molecular formula is C26H21F2N3O. The fourth-order valence-electron chi connectivity index (χ4n) is 4.22. The Bertz CT molecular complexity index is 1480. The molecule has 0 N–H and O–H groups in total. The average molecular weight is 429 g/mol. The lowest BCUT2D eigenvalue weighted by atomic mass is 10.1. The number of rotatable bonds is 5. The van der Waals surface area contributed by atoms with E-state index >= 15 is 0 Å². The summed E-state index contributed by atoms with van der Waals surface area (Å²) in [6.07, 6.45) is 2.28. The Hall–Kier alpha value is -3.80. The Labute approximate surface area is 183 Å². The summed E-state index contributed by atoms with van der Waals surface area (Å²) in [7, 11) is 0. The minimum absolute atomic E-state index is 0.164. The molecule has 6 heteroatoms. The first kappa shape index (κ1) is 20.1. The fourth-order valence-corrected chi connectivity index (χ4v) is 4.22. The van der Waals surface area contributed by atoms with Gasteiger partial charge in [-0.3, -0.25) is 9.36 Å². The molecule has 2 heterocycles. The van der Waals surface area contributed by atoms with Crippen LogP contribution >= 0.6 is 0 Å². The van der Waals surface area contributed by atoms with E-state index in [1.807, 2.05) is 60.0 Å². The van der Waals surface area contributed by atoms with Crippen LogP contribution in [0.1, 0.15) is 16.7 Å². The smallest absolute Gasteiger partial charge is 0.277 e. The van der Waals surface area contributed by atoms with Gasteiger partial charge in [-0.15, -0.1) is 0 Å². The first-order chi connectivity index (χ1) is 15.5. The third kappa shape index (κ3) is 3.68. The van der Waals surface area contributed by atoms with Crippen LogP contribution in [-0.4, -0.2) is 14.1 Å². The number of hydrogen-bond donors (Lipinski definition) is 0. The standard InChI is InChI=1S/C26H21F2N3O/c1-17-7-8-23-22(11-17)24-25(31(23)15-19-12-20(27)14-21(28)13-19)26(32)30(16-29-24)10-9-18-5-3-2-4-6-18/h2-8,11-14,16H,9-10,15H2,1H3. The molecule has 32 heavy (non-hydrogen) atoms. The maximum atomic E-state index is 13.8. The lowest BCUT2D eigenvalue weighted by Gasteiger charge is -2.10. The summed E-state index contributed by atoms with van der Waals surface area (Å²) in [5, 5.41) is 0.851. The highest BCUT2D eigenvalue weighted by Crippen LogP contribution is 2.27. The van der Waals surface area contributed by atoms with Crippen molar-refractivity contribution in [3.05, 3.63) is 112 Å². The Balaban J connectivity index is 1.66. The summed E-state index contributed by atoms with van der Waals surface area (Å²) < 4.78 is 31.0. The zero-order chi connectivity index (χ0) is 22.2. The van der Waals surface area contributed by atoms with Crippen molar-refractivity contribution < 1.29 is 8.78 Å². The molecule has 3 aromatic carbocycles. The van der Waals surface area contributed by atoms with Crippen molar-refractivity contribution in [3.8, 4) is 0 Å². The molecular weight excluding hydrogens is 408 g/mol. The number of nitrogens with zero attached hydrogens (tertiary/aromatic N) is 3. The van der Waals surface area contributed by atoms with Gasteiger partial charge in [0, 0.05) is 24.5 Å². The van der Waals surface area contributed by atoms with Gasteiger partial charge in [-0.2, -0.15) is 0 Å². The summed E-state index contributed by atoms with van der Waals surface area (Å²) in [6.45, 7) is 2.63. The predicted octanol–water partition coefficient (Wildman–Crippen LogP) is 5.23. The first-order valence-electron chi connectivity index (χ1n) is 10.5. The quantitative estimate of drug-likeness (QED) is 0.384. The third-order valence-corrected chi connectivity index (χ3v) is 5.73. The summed E-state index contributed by atoms with van der Waals surface area (Å²) >= 11 is 0. The number of halogens is 2. The van der Waals surface area contributed by atoms with Gasteiger partial charge in [-0.05, 0) is 48.7 Å². The Morgan fingerprint density at radius 2 is 1.66 bits per heavy atom. The SMILES string of the molecule is Cc1ccc2c(c1)c1ncn(CCc3ccccc3)c(=O)c1n2Cc1cc(F)cc(F)c1. The van der Waals surface area contributed by atoms with Crippen molar-refractivity contribution in [1.82, 2.24) is 14.1 Å². The van der Waals surface area contributed by atoms with Crippen molar-refractivity contribution in [1.29, 1.82) is 0 Å². The van der Waals surface area contributed by atoms with Crippen molar-refractivity contribution in [3.63, 3.8) is 0 Å². The Kier molecular flexibility index (Phi) is 5.05. The molecule has 0 aliphatic heterocycles. The summed E-state index contributed by atoms with van der Waals surface area (Å²) in [5.74, 6) is -1.29. The van der Waals surface area contributed by atoms with Gasteiger partial charge in [0.25, 0.3) is 5.56 Å². The molecule has 5 rings (SSSR count). The fraction of sp³-hybridized carbons (Fsp3) is 0.154. The van der Waals surface area contributed by atoms with Crippen LogP contribution in [-0.2, 0) is 19.5 Å². The van der Waals surface area contributed by atoms with Gasteiger partial charge < -0.3 is 4.57 Å². The predicted molar refractivity (Wildman–Crippen MR) is 122 cm³/mol. The van der Waals surface area contributed by atoms with E-state index in [0.29, 0.717) is 29.6 Å². The molecule has 5 aromatic rings. The van der Waals surface area contributed by atoms with Crippen LogP contribution in [0, 0.1) is 18.6 Å². The van der Waals surface area contributed by atoms with Gasteiger partial charge in [0.1, 0.15) is 22.7 Å². The molecule has 0 aliphatic carbocycles. The van der Waals surface area contributed by atoms with E-state index < -0.39 is 11.6 Å². The molecule has 0 amide bonds. The summed E-state index contributed by atoms with van der Waals surface area (Å²) in [6, 6.07) is 19.2. The molecule has 0 bridgehead atoms. The molecule has 4 nitrogen and oxygen atoms in total. The van der Waals surface area contributed by atoms with Crippen LogP contribution < -0.4 is 5.56 Å². The van der Waals surface area contributed by atoms with Crippen molar-refractivity contribution in [2.75, 3.05) is 0 Å². The third-order valence-electron chi connectivity index (χ3n) is 5.73. The topological polar surface area (TPSA) is 39.8 Å². The van der Waals surface area contributed by atoms with Gasteiger partial charge in [0.15, 0.2) is 0 Å². The van der Waals surface area contributed by atoms with E-state index in [1.165, 1.54) is 12.1 Å². The van der Waals surface area contributed by atoms with E-state index in [1.54, 1.807) is 10.9 Å². The van der Waals surface area contributed by atoms with Crippen molar-refractivity contribution in [2.45, 2.75) is 26.4 Å². The van der Waals surface area contributed by atoms with Crippen LogP contribution in [0.3, 0.4) is 0 Å². The Morgan fingerprint density at radius 1 is 0.906 bits per heavy atom. The normalized spacial score (nSPS) is 11.5. The molecule has 0 unspecified atom stereocenters. The summed E-state index contributed by atoms with van der Waals surface area (Å²) in [5.41, 5.74) is 4.29. The molecule has 0 aliphatic rings.